The molecule has 2 aromatic rings. The van der Waals surface area contributed by atoms with Crippen LogP contribution in [0.1, 0.15) is 81.7 Å². The predicted molar refractivity (Wildman–Crippen MR) is 150 cm³/mol. The number of esters is 1. The summed E-state index contributed by atoms with van der Waals surface area (Å²) in [5.74, 6) is -0.609. The molecule has 41 heavy (non-hydrogen) atoms. The molecule has 1 aliphatic rings. The van der Waals surface area contributed by atoms with Crippen LogP contribution in [0.2, 0.25) is 0 Å². The number of hydrogen-bond acceptors (Lipinski definition) is 5. The fourth-order valence-electron chi connectivity index (χ4n) is 5.43. The van der Waals surface area contributed by atoms with Gasteiger partial charge in [0.2, 0.25) is 10.0 Å². The first-order valence-electron chi connectivity index (χ1n) is 13.7. The van der Waals surface area contributed by atoms with Gasteiger partial charge < -0.3 is 4.74 Å². The topological polar surface area (TPSA) is 85.4 Å². The van der Waals surface area contributed by atoms with Crippen LogP contribution < -0.4 is 4.72 Å². The molecule has 1 unspecified atom stereocenters. The zero-order valence-corrected chi connectivity index (χ0v) is 25.1. The van der Waals surface area contributed by atoms with E-state index in [9.17, 15) is 30.8 Å². The molecule has 0 saturated heterocycles. The predicted octanol–water partition coefficient (Wildman–Crippen LogP) is 7.15. The molecule has 226 valence electrons. The summed E-state index contributed by atoms with van der Waals surface area (Å²) in [5, 5.41) is 0. The lowest BCUT2D eigenvalue weighted by Crippen LogP contribution is -2.54. The average Bonchev–Trinajstić information content (AvgIpc) is 3.42. The number of alkyl halides is 3. The maximum absolute atomic E-state index is 14.8. The lowest BCUT2D eigenvalue weighted by molar-refractivity contribution is -0.180. The van der Waals surface area contributed by atoms with Gasteiger partial charge in [0, 0.05) is 6.20 Å². The van der Waals surface area contributed by atoms with Gasteiger partial charge in [0.1, 0.15) is 16.3 Å². The van der Waals surface area contributed by atoms with Crippen molar-refractivity contribution < 1.29 is 35.5 Å². The number of allylic oxidation sites excluding steroid dienone is 1. The third-order valence-corrected chi connectivity index (χ3v) is 9.62. The Morgan fingerprint density at radius 1 is 1.12 bits per heavy atom. The van der Waals surface area contributed by atoms with Crippen LogP contribution in [0.5, 0.6) is 0 Å². The second-order valence-electron chi connectivity index (χ2n) is 11.3. The van der Waals surface area contributed by atoms with Crippen molar-refractivity contribution in [3.8, 4) is 0 Å². The minimum absolute atomic E-state index is 0.125. The number of carbonyl (C=O) groups excluding carboxylic acids is 1. The number of nitrogens with one attached hydrogen (secondary N) is 1. The monoisotopic (exact) mass is 598 g/mol. The average molecular weight is 599 g/mol. The van der Waals surface area contributed by atoms with E-state index in [-0.39, 0.29) is 17.2 Å². The van der Waals surface area contributed by atoms with Gasteiger partial charge in [-0.1, -0.05) is 45.1 Å². The first-order valence-corrected chi connectivity index (χ1v) is 15.2. The molecule has 1 aromatic heterocycles. The first kappa shape index (κ1) is 32.7. The Labute approximate surface area is 239 Å². The summed E-state index contributed by atoms with van der Waals surface area (Å²) in [5.41, 5.74) is -0.463. The Hall–Kier alpha value is -2.79. The summed E-state index contributed by atoms with van der Waals surface area (Å²) in [6.07, 6.45) is 1.67. The van der Waals surface area contributed by atoms with Gasteiger partial charge in [0.15, 0.2) is 0 Å². The van der Waals surface area contributed by atoms with Gasteiger partial charge in [-0.15, -0.1) is 0 Å². The third kappa shape index (κ3) is 7.35. The molecule has 1 N–H and O–H groups in total. The quantitative estimate of drug-likeness (QED) is 0.178. The molecule has 1 aromatic carbocycles. The second-order valence-corrected chi connectivity index (χ2v) is 13.0. The van der Waals surface area contributed by atoms with Crippen LogP contribution in [0.25, 0.3) is 11.1 Å². The molecule has 0 spiro atoms. The fourth-order valence-corrected chi connectivity index (χ4v) is 6.78. The Morgan fingerprint density at radius 3 is 2.27 bits per heavy atom. The molecular weight excluding hydrogens is 560 g/mol. The summed E-state index contributed by atoms with van der Waals surface area (Å²) in [6, 6.07) is 5.45. The number of carbonyl (C=O) groups is 1. The van der Waals surface area contributed by atoms with Gasteiger partial charge in [-0.2, -0.15) is 17.9 Å². The van der Waals surface area contributed by atoms with Crippen molar-refractivity contribution in [1.29, 1.82) is 0 Å². The van der Waals surface area contributed by atoms with E-state index in [1.807, 2.05) is 0 Å². The van der Waals surface area contributed by atoms with Crippen molar-refractivity contribution in [3.05, 3.63) is 58.7 Å². The number of aromatic nitrogens is 1. The first-order chi connectivity index (χ1) is 19.0. The van der Waals surface area contributed by atoms with Gasteiger partial charge in [0.05, 0.1) is 18.4 Å². The van der Waals surface area contributed by atoms with Crippen molar-refractivity contribution in [2.24, 2.45) is 11.8 Å². The van der Waals surface area contributed by atoms with Crippen molar-refractivity contribution in [3.63, 3.8) is 0 Å². The number of aryl methyl sites for hydroxylation is 2. The highest BCUT2D eigenvalue weighted by atomic mass is 32.2. The number of ether oxygens (including phenoxy) is 1. The van der Waals surface area contributed by atoms with Crippen molar-refractivity contribution >= 4 is 27.1 Å². The number of pyridine rings is 1. The molecule has 3 rings (SSSR count). The van der Waals surface area contributed by atoms with Crippen LogP contribution in [0.4, 0.5) is 17.6 Å². The van der Waals surface area contributed by atoms with Gasteiger partial charge in [0.25, 0.3) is 0 Å². The molecule has 11 heteroatoms. The lowest BCUT2D eigenvalue weighted by atomic mass is 9.80. The molecule has 1 heterocycles. The molecule has 1 atom stereocenters. The summed E-state index contributed by atoms with van der Waals surface area (Å²) in [4.78, 5) is 17.2. The molecule has 6 nitrogen and oxygen atoms in total. The number of halogens is 4. The number of methoxy groups -OCH3 is 1. The Kier molecular flexibility index (Phi) is 10.1. The maximum Gasteiger partial charge on any atom is 0.407 e. The van der Waals surface area contributed by atoms with Gasteiger partial charge in [-0.25, -0.2) is 17.6 Å². The van der Waals surface area contributed by atoms with Gasteiger partial charge in [-0.05, 0) is 86.4 Å². The van der Waals surface area contributed by atoms with E-state index in [2.05, 4.69) is 11.9 Å². The summed E-state index contributed by atoms with van der Waals surface area (Å²) in [7, 11) is -3.36. The highest BCUT2D eigenvalue weighted by Crippen LogP contribution is 2.41. The highest BCUT2D eigenvalue weighted by Gasteiger charge is 2.49. The van der Waals surface area contributed by atoms with E-state index >= 15 is 0 Å². The molecule has 0 bridgehead atoms. The number of sulfonamides is 1. The Bertz CT molecular complexity index is 1390. The molecule has 1 saturated carbocycles. The molecule has 0 amide bonds. The normalized spacial score (nSPS) is 16.4. The molecule has 1 fully saturated rings. The van der Waals surface area contributed by atoms with Gasteiger partial charge >= 0.3 is 12.1 Å². The van der Waals surface area contributed by atoms with E-state index in [1.54, 1.807) is 24.6 Å². The van der Waals surface area contributed by atoms with Gasteiger partial charge in [-0.3, -0.25) is 4.98 Å². The number of benzene rings is 1. The fraction of sp³-hybridized carbons (Fsp3) is 0.533. The summed E-state index contributed by atoms with van der Waals surface area (Å²) >= 11 is 0. The minimum Gasteiger partial charge on any atom is -0.465 e. The van der Waals surface area contributed by atoms with Crippen LogP contribution in [0.3, 0.4) is 0 Å². The van der Waals surface area contributed by atoms with Crippen LogP contribution in [-0.4, -0.2) is 38.2 Å². The lowest BCUT2D eigenvalue weighted by Gasteiger charge is -2.28. The minimum atomic E-state index is -4.82. The largest absolute Gasteiger partial charge is 0.465 e. The SMILES string of the molecule is CCC(CC(=C(C(=O)OC)c1cc(F)c(C)cc1C)c1ccc(S(=O)(=O)NC(C)(C)C(F)(F)F)cn1)C1CCCC1. The van der Waals surface area contributed by atoms with Crippen LogP contribution in [-0.2, 0) is 19.6 Å². The number of nitrogens with zero attached hydrogens (tertiary/aromatic N) is 1. The van der Waals surface area contributed by atoms with E-state index in [1.165, 1.54) is 19.2 Å². The Balaban J connectivity index is 2.20. The van der Waals surface area contributed by atoms with Crippen LogP contribution in [0, 0.1) is 31.5 Å². The molecule has 1 aliphatic carbocycles. The number of hydrogen-bond donors (Lipinski definition) is 1. The standard InChI is InChI=1S/C30H38F4N2O4S/c1-7-20(21-10-8-9-11-21)15-24(27(28(37)40-6)23-16-25(31)19(3)14-18(23)2)26-13-12-22(17-35-26)41(38,39)36-29(4,5)30(32,33)34/h12-14,16-17,20-21,36H,7-11,15H2,1-6H3. The maximum atomic E-state index is 14.8. The highest BCUT2D eigenvalue weighted by molar-refractivity contribution is 7.89. The van der Waals surface area contributed by atoms with Crippen molar-refractivity contribution in [2.75, 3.05) is 7.11 Å². The van der Waals surface area contributed by atoms with Crippen LogP contribution in [0.15, 0.2) is 35.4 Å². The van der Waals surface area contributed by atoms with E-state index in [0.29, 0.717) is 34.6 Å². The smallest absolute Gasteiger partial charge is 0.407 e. The molecule has 0 radical (unpaired) electrons. The van der Waals surface area contributed by atoms with Crippen molar-refractivity contribution in [1.82, 2.24) is 9.71 Å². The third-order valence-electron chi connectivity index (χ3n) is 7.98. The Morgan fingerprint density at radius 2 is 1.76 bits per heavy atom. The zero-order valence-electron chi connectivity index (χ0n) is 24.3. The summed E-state index contributed by atoms with van der Waals surface area (Å²) in [6.45, 7) is 6.90. The second kappa shape index (κ2) is 12.6. The van der Waals surface area contributed by atoms with E-state index < -0.39 is 38.4 Å². The van der Waals surface area contributed by atoms with E-state index in [0.717, 1.165) is 58.2 Å². The molecular formula is C30H38F4N2O4S. The van der Waals surface area contributed by atoms with Crippen molar-refractivity contribution in [2.45, 2.75) is 89.8 Å². The molecule has 0 aliphatic heterocycles. The van der Waals surface area contributed by atoms with E-state index in [4.69, 9.17) is 4.74 Å². The zero-order chi connectivity index (χ0) is 30.8. The number of rotatable bonds is 10. The van der Waals surface area contributed by atoms with Crippen LogP contribution >= 0.6 is 0 Å². The summed E-state index contributed by atoms with van der Waals surface area (Å²) < 4.78 is 87.3.